The van der Waals surface area contributed by atoms with Crippen LogP contribution in [-0.4, -0.2) is 4.57 Å². The van der Waals surface area contributed by atoms with Gasteiger partial charge in [-0.3, -0.25) is 0 Å². The molecule has 0 amide bonds. The Bertz CT molecular complexity index is 3400. The standard InChI is InChI=1S/C61H42N2/c1-5-17-42(18-6-1)43-29-34-50(35-30-43)63-59-28-16-14-26-53(59)55-40-45(33-38-60(55)63)44-32-37-58(62-49-23-11-4-12-24-49)54(39-44)46-31-36-52-51-25-13-15-27-56(51)61(57(52)41-46,47-19-7-2-8-20-47)48-21-9-3-10-22-48/h1-41,62H. The second-order valence-corrected chi connectivity index (χ2v) is 16.5. The Kier molecular flexibility index (Phi) is 8.76. The molecule has 1 aliphatic rings. The molecule has 0 bridgehead atoms. The third kappa shape index (κ3) is 6.02. The summed E-state index contributed by atoms with van der Waals surface area (Å²) in [7, 11) is 0. The maximum absolute atomic E-state index is 3.80. The van der Waals surface area contributed by atoms with E-state index >= 15 is 0 Å². The maximum atomic E-state index is 3.80. The van der Waals surface area contributed by atoms with Crippen LogP contribution >= 0.6 is 0 Å². The van der Waals surface area contributed by atoms with Crippen molar-refractivity contribution in [2.45, 2.75) is 5.41 Å². The van der Waals surface area contributed by atoms with Crippen molar-refractivity contribution in [2.75, 3.05) is 5.32 Å². The predicted octanol–water partition coefficient (Wildman–Crippen LogP) is 15.9. The van der Waals surface area contributed by atoms with Crippen LogP contribution in [0.4, 0.5) is 11.4 Å². The first kappa shape index (κ1) is 36.6. The number of aromatic nitrogens is 1. The van der Waals surface area contributed by atoms with Crippen LogP contribution in [0.25, 0.3) is 72.0 Å². The second-order valence-electron chi connectivity index (χ2n) is 16.5. The van der Waals surface area contributed by atoms with Crippen molar-refractivity contribution in [3.63, 3.8) is 0 Å². The van der Waals surface area contributed by atoms with Crippen LogP contribution in [0.2, 0.25) is 0 Å². The van der Waals surface area contributed by atoms with Gasteiger partial charge in [0, 0.05) is 33.4 Å². The fourth-order valence-electron chi connectivity index (χ4n) is 10.2. The highest BCUT2D eigenvalue weighted by molar-refractivity contribution is 6.10. The second kappa shape index (κ2) is 15.1. The first-order chi connectivity index (χ1) is 31.2. The van der Waals surface area contributed by atoms with Gasteiger partial charge in [0.25, 0.3) is 0 Å². The number of hydrogen-bond acceptors (Lipinski definition) is 1. The minimum Gasteiger partial charge on any atom is -0.355 e. The number of benzene rings is 10. The normalized spacial score (nSPS) is 12.6. The lowest BCUT2D eigenvalue weighted by molar-refractivity contribution is 0.769. The summed E-state index contributed by atoms with van der Waals surface area (Å²) >= 11 is 0. The summed E-state index contributed by atoms with van der Waals surface area (Å²) in [5.41, 5.74) is 19.9. The van der Waals surface area contributed by atoms with Crippen LogP contribution < -0.4 is 5.32 Å². The van der Waals surface area contributed by atoms with E-state index in [9.17, 15) is 0 Å². The Hall–Kier alpha value is -8.20. The van der Waals surface area contributed by atoms with E-state index in [1.54, 1.807) is 0 Å². The van der Waals surface area contributed by atoms with Crippen molar-refractivity contribution in [3.8, 4) is 50.2 Å². The van der Waals surface area contributed by atoms with Crippen molar-refractivity contribution < 1.29 is 0 Å². The number of rotatable bonds is 8. The highest BCUT2D eigenvalue weighted by Gasteiger charge is 2.46. The van der Waals surface area contributed by atoms with Gasteiger partial charge in [-0.15, -0.1) is 0 Å². The molecule has 0 radical (unpaired) electrons. The van der Waals surface area contributed by atoms with E-state index in [1.807, 2.05) is 0 Å². The lowest BCUT2D eigenvalue weighted by Crippen LogP contribution is -2.28. The molecule has 10 aromatic carbocycles. The predicted molar refractivity (Wildman–Crippen MR) is 264 cm³/mol. The summed E-state index contributed by atoms with van der Waals surface area (Å²) in [5, 5.41) is 6.27. The molecule has 0 saturated heterocycles. The van der Waals surface area contributed by atoms with Crippen LogP contribution in [0.1, 0.15) is 22.3 Å². The topological polar surface area (TPSA) is 17.0 Å². The first-order valence-corrected chi connectivity index (χ1v) is 21.8. The molecule has 1 aromatic heterocycles. The summed E-state index contributed by atoms with van der Waals surface area (Å²) in [6.07, 6.45) is 0. The van der Waals surface area contributed by atoms with Crippen molar-refractivity contribution in [2.24, 2.45) is 0 Å². The third-order valence-corrected chi connectivity index (χ3v) is 13.1. The molecule has 0 fully saturated rings. The molecule has 0 atom stereocenters. The minimum absolute atomic E-state index is 0.490. The van der Waals surface area contributed by atoms with Crippen LogP contribution in [-0.2, 0) is 5.41 Å². The molecular weight excluding hydrogens is 761 g/mol. The number of hydrogen-bond donors (Lipinski definition) is 1. The minimum atomic E-state index is -0.490. The van der Waals surface area contributed by atoms with Crippen LogP contribution in [0, 0.1) is 0 Å². The van der Waals surface area contributed by atoms with E-state index in [0.29, 0.717) is 0 Å². The highest BCUT2D eigenvalue weighted by atomic mass is 15.0. The van der Waals surface area contributed by atoms with Gasteiger partial charge < -0.3 is 9.88 Å². The van der Waals surface area contributed by atoms with Gasteiger partial charge in [-0.2, -0.15) is 0 Å². The maximum Gasteiger partial charge on any atom is 0.0713 e. The van der Waals surface area contributed by atoms with Gasteiger partial charge in [-0.1, -0.05) is 188 Å². The Morgan fingerprint density at radius 3 is 1.60 bits per heavy atom. The van der Waals surface area contributed by atoms with E-state index in [2.05, 4.69) is 259 Å². The molecule has 1 heterocycles. The number of fused-ring (bicyclic) bond motifs is 6. The zero-order chi connectivity index (χ0) is 41.7. The Morgan fingerprint density at radius 1 is 0.317 bits per heavy atom. The average molecular weight is 803 g/mol. The van der Waals surface area contributed by atoms with E-state index in [0.717, 1.165) is 33.8 Å². The van der Waals surface area contributed by atoms with Gasteiger partial charge in [0.2, 0.25) is 0 Å². The van der Waals surface area contributed by atoms with Crippen molar-refractivity contribution in [1.29, 1.82) is 0 Å². The summed E-state index contributed by atoms with van der Waals surface area (Å²) in [6.45, 7) is 0. The molecule has 12 rings (SSSR count). The van der Waals surface area contributed by atoms with E-state index in [-0.39, 0.29) is 0 Å². The van der Waals surface area contributed by atoms with Gasteiger partial charge in [0.05, 0.1) is 16.4 Å². The first-order valence-electron chi connectivity index (χ1n) is 21.8. The van der Waals surface area contributed by atoms with Crippen LogP contribution in [0.15, 0.2) is 249 Å². The zero-order valence-electron chi connectivity index (χ0n) is 34.6. The molecule has 63 heavy (non-hydrogen) atoms. The molecule has 0 saturated carbocycles. The summed E-state index contributed by atoms with van der Waals surface area (Å²) in [6, 6.07) is 90.9. The van der Waals surface area contributed by atoms with Gasteiger partial charge in [0.1, 0.15) is 0 Å². The van der Waals surface area contributed by atoms with Gasteiger partial charge >= 0.3 is 0 Å². The lowest BCUT2D eigenvalue weighted by atomic mass is 9.67. The molecule has 11 aromatic rings. The van der Waals surface area contributed by atoms with E-state index in [1.165, 1.54) is 71.9 Å². The molecule has 0 spiro atoms. The Morgan fingerprint density at radius 2 is 0.857 bits per heavy atom. The highest BCUT2D eigenvalue weighted by Crippen LogP contribution is 2.57. The average Bonchev–Trinajstić information content (AvgIpc) is 3.85. The Balaban J connectivity index is 1.03. The smallest absolute Gasteiger partial charge is 0.0713 e. The lowest BCUT2D eigenvalue weighted by Gasteiger charge is -2.34. The van der Waals surface area contributed by atoms with Gasteiger partial charge in [-0.25, -0.2) is 0 Å². The fraction of sp³-hybridized carbons (Fsp3) is 0.0164. The summed E-state index contributed by atoms with van der Waals surface area (Å²) in [4.78, 5) is 0. The summed E-state index contributed by atoms with van der Waals surface area (Å²) < 4.78 is 2.40. The molecule has 0 unspecified atom stereocenters. The quantitative estimate of drug-likeness (QED) is 0.162. The summed E-state index contributed by atoms with van der Waals surface area (Å²) in [5.74, 6) is 0. The number of para-hydroxylation sites is 2. The van der Waals surface area contributed by atoms with Crippen molar-refractivity contribution >= 4 is 33.2 Å². The molecule has 1 aliphatic carbocycles. The molecule has 296 valence electrons. The SMILES string of the molecule is c1ccc(Nc2ccc(-c3ccc4c(c3)c3ccccc3n4-c3ccc(-c4ccccc4)cc3)cc2-c2ccc3c(c2)C(c2ccccc2)(c2ccccc2)c2ccccc2-3)cc1. The van der Waals surface area contributed by atoms with Gasteiger partial charge in [-0.05, 0) is 122 Å². The number of nitrogens with zero attached hydrogens (tertiary/aromatic N) is 1. The van der Waals surface area contributed by atoms with Crippen LogP contribution in [0.3, 0.4) is 0 Å². The zero-order valence-corrected chi connectivity index (χ0v) is 34.6. The molecule has 0 aliphatic heterocycles. The van der Waals surface area contributed by atoms with Crippen molar-refractivity contribution in [1.82, 2.24) is 4.57 Å². The van der Waals surface area contributed by atoms with E-state index in [4.69, 9.17) is 0 Å². The molecular formula is C61H42N2. The monoisotopic (exact) mass is 802 g/mol. The van der Waals surface area contributed by atoms with Gasteiger partial charge in [0.15, 0.2) is 0 Å². The van der Waals surface area contributed by atoms with Crippen LogP contribution in [0.5, 0.6) is 0 Å². The molecule has 1 N–H and O–H groups in total. The fourth-order valence-corrected chi connectivity index (χ4v) is 10.2. The Labute approximate surface area is 368 Å². The third-order valence-electron chi connectivity index (χ3n) is 13.1. The van der Waals surface area contributed by atoms with Crippen molar-refractivity contribution in [3.05, 3.63) is 271 Å². The van der Waals surface area contributed by atoms with E-state index < -0.39 is 5.41 Å². The largest absolute Gasteiger partial charge is 0.355 e. The number of nitrogens with one attached hydrogen (secondary N) is 1. The number of anilines is 2. The molecule has 2 nitrogen and oxygen atoms in total. The molecule has 2 heteroatoms.